The monoisotopic (exact) mass is 269 g/mol. The van der Waals surface area contributed by atoms with Crippen molar-refractivity contribution >= 4 is 11.4 Å². The molecular weight excluding hydrogens is 246 g/mol. The van der Waals surface area contributed by atoms with E-state index in [1.54, 1.807) is 0 Å². The van der Waals surface area contributed by atoms with Gasteiger partial charge in [0.05, 0.1) is 6.10 Å². The molecule has 1 unspecified atom stereocenters. The summed E-state index contributed by atoms with van der Waals surface area (Å²) in [5.41, 5.74) is 4.61. The highest BCUT2D eigenvalue weighted by atomic mass is 16.3. The minimum atomic E-state index is -0.363. The molecule has 20 heavy (non-hydrogen) atoms. The summed E-state index contributed by atoms with van der Waals surface area (Å²) in [5, 5.41) is 9.86. The van der Waals surface area contributed by atoms with Crippen LogP contribution in [0.1, 0.15) is 37.5 Å². The molecule has 0 radical (unpaired) electrons. The topological polar surface area (TPSA) is 23.5 Å². The molecule has 2 aromatic carbocycles. The van der Waals surface area contributed by atoms with E-state index < -0.39 is 0 Å². The molecule has 0 saturated carbocycles. The molecule has 0 bridgehead atoms. The zero-order chi connectivity index (χ0) is 14.5. The SMILES string of the molecule is CCC(O)c1ccc(N(CC)c2cccc(C)c2)cc1. The maximum atomic E-state index is 9.86. The van der Waals surface area contributed by atoms with Gasteiger partial charge < -0.3 is 10.0 Å². The van der Waals surface area contributed by atoms with E-state index >= 15 is 0 Å². The second-order valence-electron chi connectivity index (χ2n) is 5.10. The van der Waals surface area contributed by atoms with Gasteiger partial charge in [-0.3, -0.25) is 0 Å². The van der Waals surface area contributed by atoms with Crippen molar-refractivity contribution in [3.63, 3.8) is 0 Å². The van der Waals surface area contributed by atoms with Crippen LogP contribution in [0, 0.1) is 6.92 Å². The Balaban J connectivity index is 2.28. The summed E-state index contributed by atoms with van der Waals surface area (Å²) < 4.78 is 0. The van der Waals surface area contributed by atoms with Crippen molar-refractivity contribution in [1.82, 2.24) is 0 Å². The first-order valence-corrected chi connectivity index (χ1v) is 7.28. The fourth-order valence-corrected chi connectivity index (χ4v) is 2.42. The first-order chi connectivity index (χ1) is 9.65. The van der Waals surface area contributed by atoms with Gasteiger partial charge in [-0.05, 0) is 55.7 Å². The summed E-state index contributed by atoms with van der Waals surface area (Å²) in [5.74, 6) is 0. The van der Waals surface area contributed by atoms with E-state index in [0.717, 1.165) is 24.2 Å². The number of aryl methyl sites for hydroxylation is 1. The molecule has 0 saturated heterocycles. The van der Waals surface area contributed by atoms with Crippen LogP contribution >= 0.6 is 0 Å². The summed E-state index contributed by atoms with van der Waals surface area (Å²) in [4.78, 5) is 2.27. The van der Waals surface area contributed by atoms with Crippen molar-refractivity contribution in [2.45, 2.75) is 33.3 Å². The molecule has 0 heterocycles. The van der Waals surface area contributed by atoms with Crippen LogP contribution in [0.3, 0.4) is 0 Å². The predicted molar refractivity (Wildman–Crippen MR) is 85.6 cm³/mol. The van der Waals surface area contributed by atoms with Gasteiger partial charge in [0, 0.05) is 17.9 Å². The molecule has 0 aliphatic rings. The Bertz CT molecular complexity index is 548. The second-order valence-corrected chi connectivity index (χ2v) is 5.10. The predicted octanol–water partition coefficient (Wildman–Crippen LogP) is 4.60. The zero-order valence-corrected chi connectivity index (χ0v) is 12.5. The second kappa shape index (κ2) is 6.58. The lowest BCUT2D eigenvalue weighted by Crippen LogP contribution is -2.16. The Morgan fingerprint density at radius 3 is 2.25 bits per heavy atom. The number of rotatable bonds is 5. The lowest BCUT2D eigenvalue weighted by atomic mass is 10.1. The minimum Gasteiger partial charge on any atom is -0.388 e. The Hall–Kier alpha value is -1.80. The van der Waals surface area contributed by atoms with E-state index in [2.05, 4.69) is 55.1 Å². The van der Waals surface area contributed by atoms with Crippen LogP contribution in [0.15, 0.2) is 48.5 Å². The molecule has 106 valence electrons. The highest BCUT2D eigenvalue weighted by molar-refractivity contribution is 5.64. The standard InChI is InChI=1S/C18H23NO/c1-4-18(20)15-9-11-16(12-10-15)19(5-2)17-8-6-7-14(3)13-17/h6-13,18,20H,4-5H2,1-3H3. The first kappa shape index (κ1) is 14.6. The van der Waals surface area contributed by atoms with Gasteiger partial charge in [-0.1, -0.05) is 31.2 Å². The maximum Gasteiger partial charge on any atom is 0.0787 e. The van der Waals surface area contributed by atoms with Gasteiger partial charge in [0.2, 0.25) is 0 Å². The van der Waals surface area contributed by atoms with E-state index in [-0.39, 0.29) is 6.10 Å². The van der Waals surface area contributed by atoms with Crippen molar-refractivity contribution in [2.75, 3.05) is 11.4 Å². The highest BCUT2D eigenvalue weighted by Gasteiger charge is 2.09. The van der Waals surface area contributed by atoms with Gasteiger partial charge in [0.15, 0.2) is 0 Å². The molecule has 0 aromatic heterocycles. The number of hydrogen-bond donors (Lipinski definition) is 1. The van der Waals surface area contributed by atoms with Crippen LogP contribution in [-0.4, -0.2) is 11.7 Å². The van der Waals surface area contributed by atoms with Crippen molar-refractivity contribution in [1.29, 1.82) is 0 Å². The fraction of sp³-hybridized carbons (Fsp3) is 0.333. The summed E-state index contributed by atoms with van der Waals surface area (Å²) in [7, 11) is 0. The molecule has 0 aliphatic heterocycles. The molecule has 2 heteroatoms. The number of anilines is 2. The van der Waals surface area contributed by atoms with Crippen LogP contribution in [0.2, 0.25) is 0 Å². The highest BCUT2D eigenvalue weighted by Crippen LogP contribution is 2.27. The third kappa shape index (κ3) is 3.20. The summed E-state index contributed by atoms with van der Waals surface area (Å²) in [6, 6.07) is 16.7. The quantitative estimate of drug-likeness (QED) is 0.857. The maximum absolute atomic E-state index is 9.86. The van der Waals surface area contributed by atoms with Crippen LogP contribution in [-0.2, 0) is 0 Å². The number of nitrogens with zero attached hydrogens (tertiary/aromatic N) is 1. The average molecular weight is 269 g/mol. The Kier molecular flexibility index (Phi) is 4.80. The normalized spacial score (nSPS) is 12.2. The Morgan fingerprint density at radius 2 is 1.70 bits per heavy atom. The van der Waals surface area contributed by atoms with Crippen molar-refractivity contribution < 1.29 is 5.11 Å². The van der Waals surface area contributed by atoms with E-state index in [4.69, 9.17) is 0 Å². The molecule has 2 aromatic rings. The van der Waals surface area contributed by atoms with Crippen molar-refractivity contribution in [3.8, 4) is 0 Å². The molecule has 0 aliphatic carbocycles. The number of benzene rings is 2. The van der Waals surface area contributed by atoms with Crippen LogP contribution in [0.5, 0.6) is 0 Å². The van der Waals surface area contributed by atoms with Crippen LogP contribution in [0.4, 0.5) is 11.4 Å². The van der Waals surface area contributed by atoms with Gasteiger partial charge in [-0.25, -0.2) is 0 Å². The Labute approximate surface area is 121 Å². The third-order valence-electron chi connectivity index (χ3n) is 3.61. The Morgan fingerprint density at radius 1 is 1.00 bits per heavy atom. The van der Waals surface area contributed by atoms with Crippen molar-refractivity contribution in [2.24, 2.45) is 0 Å². The van der Waals surface area contributed by atoms with E-state index in [0.29, 0.717) is 0 Å². The summed E-state index contributed by atoms with van der Waals surface area (Å²) in [6.07, 6.45) is 0.382. The zero-order valence-electron chi connectivity index (χ0n) is 12.5. The van der Waals surface area contributed by atoms with Crippen LogP contribution < -0.4 is 4.90 Å². The fourth-order valence-electron chi connectivity index (χ4n) is 2.42. The molecule has 0 amide bonds. The number of aliphatic hydroxyl groups excluding tert-OH is 1. The molecule has 1 N–H and O–H groups in total. The van der Waals surface area contributed by atoms with Gasteiger partial charge in [0.1, 0.15) is 0 Å². The lowest BCUT2D eigenvalue weighted by molar-refractivity contribution is 0.173. The largest absolute Gasteiger partial charge is 0.388 e. The molecule has 2 nitrogen and oxygen atoms in total. The number of aliphatic hydroxyl groups is 1. The number of hydrogen-bond acceptors (Lipinski definition) is 2. The van der Waals surface area contributed by atoms with E-state index in [9.17, 15) is 5.11 Å². The summed E-state index contributed by atoms with van der Waals surface area (Å²) >= 11 is 0. The molecule has 0 spiro atoms. The smallest absolute Gasteiger partial charge is 0.0787 e. The lowest BCUT2D eigenvalue weighted by Gasteiger charge is -2.24. The van der Waals surface area contributed by atoms with Gasteiger partial charge in [0.25, 0.3) is 0 Å². The van der Waals surface area contributed by atoms with Gasteiger partial charge in [-0.15, -0.1) is 0 Å². The molecule has 2 rings (SSSR count). The summed E-state index contributed by atoms with van der Waals surface area (Å²) in [6.45, 7) is 7.16. The van der Waals surface area contributed by atoms with Crippen LogP contribution in [0.25, 0.3) is 0 Å². The first-order valence-electron chi connectivity index (χ1n) is 7.28. The van der Waals surface area contributed by atoms with E-state index in [1.807, 2.05) is 19.1 Å². The van der Waals surface area contributed by atoms with Gasteiger partial charge >= 0.3 is 0 Å². The van der Waals surface area contributed by atoms with E-state index in [1.165, 1.54) is 11.3 Å². The van der Waals surface area contributed by atoms with Crippen molar-refractivity contribution in [3.05, 3.63) is 59.7 Å². The molecule has 1 atom stereocenters. The third-order valence-corrected chi connectivity index (χ3v) is 3.61. The van der Waals surface area contributed by atoms with Gasteiger partial charge in [-0.2, -0.15) is 0 Å². The molecule has 0 fully saturated rings. The average Bonchev–Trinajstić information content (AvgIpc) is 2.48. The minimum absolute atomic E-state index is 0.363. The molecular formula is C18H23NO.